The van der Waals surface area contributed by atoms with Crippen molar-refractivity contribution in [3.8, 4) is 11.5 Å². The van der Waals surface area contributed by atoms with Crippen LogP contribution in [-0.4, -0.2) is 39.0 Å². The highest BCUT2D eigenvalue weighted by molar-refractivity contribution is 6.17. The van der Waals surface area contributed by atoms with Crippen LogP contribution in [0.15, 0.2) is 48.5 Å². The maximum absolute atomic E-state index is 13.4. The second-order valence-electron chi connectivity index (χ2n) is 6.93. The van der Waals surface area contributed by atoms with Crippen molar-refractivity contribution >= 4 is 11.6 Å². The Balaban J connectivity index is 2.00. The molecule has 0 bridgehead atoms. The van der Waals surface area contributed by atoms with Gasteiger partial charge >= 0.3 is 0 Å². The van der Waals surface area contributed by atoms with E-state index in [9.17, 15) is 4.39 Å². The molecule has 0 saturated heterocycles. The van der Waals surface area contributed by atoms with E-state index in [-0.39, 0.29) is 18.6 Å². The monoisotopic (exact) mass is 394 g/mol. The lowest BCUT2D eigenvalue weighted by molar-refractivity contribution is 0.0893. The summed E-state index contributed by atoms with van der Waals surface area (Å²) in [6.45, 7) is 4.99. The van der Waals surface area contributed by atoms with Gasteiger partial charge in [-0.25, -0.2) is 4.39 Å². The third-order valence-corrected chi connectivity index (χ3v) is 4.74. The lowest BCUT2D eigenvalue weighted by Gasteiger charge is -2.26. The van der Waals surface area contributed by atoms with Crippen molar-refractivity contribution in [2.24, 2.45) is 0 Å². The number of benzene rings is 2. The summed E-state index contributed by atoms with van der Waals surface area (Å²) in [4.78, 5) is 0. The minimum absolute atomic E-state index is 0.0121. The topological polar surface area (TPSA) is 27.7 Å². The van der Waals surface area contributed by atoms with E-state index in [0.29, 0.717) is 18.2 Å². The second kappa shape index (κ2) is 10.5. The normalized spacial score (nSPS) is 12.6. The molecule has 0 spiro atoms. The maximum atomic E-state index is 13.4. The Labute approximate surface area is 166 Å². The van der Waals surface area contributed by atoms with Gasteiger partial charge in [0.1, 0.15) is 18.1 Å². The summed E-state index contributed by atoms with van der Waals surface area (Å²) in [7, 11) is 1.47. The summed E-state index contributed by atoms with van der Waals surface area (Å²) in [6.07, 6.45) is -0.297. The highest BCUT2D eigenvalue weighted by Crippen LogP contribution is 2.33. The Kier molecular flexibility index (Phi) is 8.39. The molecule has 148 valence electrons. The molecule has 0 radical (unpaired) electrons. The van der Waals surface area contributed by atoms with E-state index in [4.69, 9.17) is 25.8 Å². The zero-order valence-corrected chi connectivity index (χ0v) is 17.0. The molecular weight excluding hydrogens is 367 g/mol. The summed E-state index contributed by atoms with van der Waals surface area (Å²) in [6, 6.07) is 15.9. The highest BCUT2D eigenvalue weighted by Gasteiger charge is 2.23. The van der Waals surface area contributed by atoms with Crippen LogP contribution in [0.25, 0.3) is 0 Å². The van der Waals surface area contributed by atoms with Crippen LogP contribution in [0, 0.1) is 0 Å². The van der Waals surface area contributed by atoms with Gasteiger partial charge in [-0.3, -0.25) is 0 Å². The van der Waals surface area contributed by atoms with Gasteiger partial charge in [0.25, 0.3) is 0 Å². The molecule has 1 atom stereocenters. The molecule has 0 saturated carbocycles. The molecule has 2 aromatic carbocycles. The first-order chi connectivity index (χ1) is 13.0. The molecule has 0 aliphatic heterocycles. The molecule has 0 fully saturated rings. The standard InChI is InChI=1S/C22H28ClFO3/c1-22(2,17-5-9-20(10-6-17)26-14-4-13-23)18-7-11-21(12-8-18)27-16-19(24)15-25-3/h5-12,19H,4,13-16H2,1-3H3. The van der Waals surface area contributed by atoms with Crippen LogP contribution in [0.1, 0.15) is 31.4 Å². The van der Waals surface area contributed by atoms with Crippen molar-refractivity contribution in [2.75, 3.05) is 32.8 Å². The summed E-state index contributed by atoms with van der Waals surface area (Å²) < 4.78 is 29.3. The summed E-state index contributed by atoms with van der Waals surface area (Å²) in [5, 5.41) is 0. The van der Waals surface area contributed by atoms with Crippen molar-refractivity contribution in [3.63, 3.8) is 0 Å². The fourth-order valence-corrected chi connectivity index (χ4v) is 2.87. The van der Waals surface area contributed by atoms with Crippen molar-refractivity contribution in [1.29, 1.82) is 0 Å². The van der Waals surface area contributed by atoms with Crippen LogP contribution in [0.5, 0.6) is 11.5 Å². The van der Waals surface area contributed by atoms with Gasteiger partial charge in [-0.15, -0.1) is 11.6 Å². The predicted octanol–water partition coefficient (Wildman–Crippen LogP) is 5.38. The molecule has 5 heteroatoms. The number of hydrogen-bond acceptors (Lipinski definition) is 3. The fourth-order valence-electron chi connectivity index (χ4n) is 2.76. The van der Waals surface area contributed by atoms with Gasteiger partial charge in [-0.1, -0.05) is 38.1 Å². The smallest absolute Gasteiger partial charge is 0.157 e. The molecule has 0 aliphatic rings. The van der Waals surface area contributed by atoms with Gasteiger partial charge in [0.2, 0.25) is 0 Å². The van der Waals surface area contributed by atoms with Gasteiger partial charge in [0, 0.05) is 18.4 Å². The number of ether oxygens (including phenoxy) is 3. The largest absolute Gasteiger partial charge is 0.494 e. The molecule has 0 aromatic heterocycles. The molecule has 2 rings (SSSR count). The number of alkyl halides is 2. The van der Waals surface area contributed by atoms with Gasteiger partial charge in [0.15, 0.2) is 6.17 Å². The third kappa shape index (κ3) is 6.40. The van der Waals surface area contributed by atoms with E-state index >= 15 is 0 Å². The van der Waals surface area contributed by atoms with Crippen molar-refractivity contribution in [1.82, 2.24) is 0 Å². The highest BCUT2D eigenvalue weighted by atomic mass is 35.5. The Bertz CT molecular complexity index is 671. The number of rotatable bonds is 11. The molecule has 1 unspecified atom stereocenters. The van der Waals surface area contributed by atoms with Crippen molar-refractivity contribution < 1.29 is 18.6 Å². The first-order valence-electron chi connectivity index (χ1n) is 9.13. The van der Waals surface area contributed by atoms with E-state index in [0.717, 1.165) is 17.7 Å². The van der Waals surface area contributed by atoms with Gasteiger partial charge in [-0.05, 0) is 41.8 Å². The van der Waals surface area contributed by atoms with Crippen LogP contribution < -0.4 is 9.47 Å². The van der Waals surface area contributed by atoms with E-state index < -0.39 is 6.17 Å². The summed E-state index contributed by atoms with van der Waals surface area (Å²) >= 11 is 5.67. The molecule has 0 heterocycles. The zero-order chi connectivity index (χ0) is 19.7. The van der Waals surface area contributed by atoms with Crippen LogP contribution in [0.3, 0.4) is 0 Å². The Morgan fingerprint density at radius 3 is 1.89 bits per heavy atom. The third-order valence-electron chi connectivity index (χ3n) is 4.48. The summed E-state index contributed by atoms with van der Waals surface area (Å²) in [5.74, 6) is 2.10. The quantitative estimate of drug-likeness (QED) is 0.378. The number of halogens is 2. The van der Waals surface area contributed by atoms with Gasteiger partial charge < -0.3 is 14.2 Å². The number of methoxy groups -OCH3 is 1. The lowest BCUT2D eigenvalue weighted by atomic mass is 9.78. The van der Waals surface area contributed by atoms with Crippen molar-refractivity contribution in [3.05, 3.63) is 59.7 Å². The fraction of sp³-hybridized carbons (Fsp3) is 0.455. The van der Waals surface area contributed by atoms with E-state index in [1.165, 1.54) is 12.7 Å². The Hall–Kier alpha value is -1.78. The van der Waals surface area contributed by atoms with E-state index in [1.807, 2.05) is 36.4 Å². The maximum Gasteiger partial charge on any atom is 0.157 e. The molecule has 0 amide bonds. The average molecular weight is 395 g/mol. The SMILES string of the molecule is COCC(F)COc1ccc(C(C)(C)c2ccc(OCCCCl)cc2)cc1. The summed E-state index contributed by atoms with van der Waals surface area (Å²) in [5.41, 5.74) is 2.16. The molecule has 27 heavy (non-hydrogen) atoms. The molecule has 2 aromatic rings. The second-order valence-corrected chi connectivity index (χ2v) is 7.31. The molecule has 3 nitrogen and oxygen atoms in total. The molecule has 0 aliphatic carbocycles. The average Bonchev–Trinajstić information content (AvgIpc) is 2.67. The Morgan fingerprint density at radius 1 is 0.889 bits per heavy atom. The van der Waals surface area contributed by atoms with Crippen LogP contribution in [0.4, 0.5) is 4.39 Å². The van der Waals surface area contributed by atoms with E-state index in [2.05, 4.69) is 26.0 Å². The first-order valence-corrected chi connectivity index (χ1v) is 9.66. The van der Waals surface area contributed by atoms with Crippen LogP contribution in [-0.2, 0) is 10.2 Å². The number of hydrogen-bond donors (Lipinski definition) is 0. The first kappa shape index (κ1) is 21.5. The minimum atomic E-state index is -1.13. The minimum Gasteiger partial charge on any atom is -0.494 e. The zero-order valence-electron chi connectivity index (χ0n) is 16.2. The van der Waals surface area contributed by atoms with E-state index in [1.54, 1.807) is 0 Å². The van der Waals surface area contributed by atoms with Crippen LogP contribution >= 0.6 is 11.6 Å². The Morgan fingerprint density at radius 2 is 1.41 bits per heavy atom. The van der Waals surface area contributed by atoms with Gasteiger partial charge in [0.05, 0.1) is 13.2 Å². The molecular formula is C22H28ClFO3. The lowest BCUT2D eigenvalue weighted by Crippen LogP contribution is -2.19. The predicted molar refractivity (Wildman–Crippen MR) is 108 cm³/mol. The van der Waals surface area contributed by atoms with Gasteiger partial charge in [-0.2, -0.15) is 0 Å². The molecule has 0 N–H and O–H groups in total. The van der Waals surface area contributed by atoms with Crippen molar-refractivity contribution in [2.45, 2.75) is 31.9 Å². The van der Waals surface area contributed by atoms with Crippen LogP contribution in [0.2, 0.25) is 0 Å².